The van der Waals surface area contributed by atoms with E-state index in [2.05, 4.69) is 417 Å². The lowest BCUT2D eigenvalue weighted by Gasteiger charge is -2.41. The van der Waals surface area contributed by atoms with Crippen LogP contribution in [0.2, 0.25) is 0 Å². The van der Waals surface area contributed by atoms with Crippen LogP contribution in [0.3, 0.4) is 0 Å². The van der Waals surface area contributed by atoms with Crippen LogP contribution in [0.5, 0.6) is 0 Å². The highest BCUT2D eigenvalue weighted by atomic mass is 15.0. The summed E-state index contributed by atoms with van der Waals surface area (Å²) in [6, 6.07) is 119. The van der Waals surface area contributed by atoms with Crippen molar-refractivity contribution in [2.45, 2.75) is 105 Å². The first-order valence-corrected chi connectivity index (χ1v) is 43.4. The number of hydrogen-bond acceptors (Lipinski definition) is 0. The zero-order valence-corrected chi connectivity index (χ0v) is 70.1. The monoisotopic (exact) mass is 1530 g/mol. The molecule has 120 heavy (non-hydrogen) atoms. The fraction of sp³-hybridized carbons (Fsp3) is 0.143. The van der Waals surface area contributed by atoms with Crippen molar-refractivity contribution in [3.8, 4) is 22.7 Å². The minimum absolute atomic E-state index is 0.0105. The van der Waals surface area contributed by atoms with Crippen molar-refractivity contribution in [3.63, 3.8) is 0 Å². The Balaban J connectivity index is 0.0000000886. The minimum atomic E-state index is -0.0121. The highest BCUT2D eigenvalue weighted by Crippen LogP contribution is 2.47. The van der Waals surface area contributed by atoms with Gasteiger partial charge in [0.2, 0.25) is 26.9 Å². The van der Waals surface area contributed by atoms with Crippen molar-refractivity contribution < 1.29 is 0 Å². The molecular formula is C112H88B4N4. The van der Waals surface area contributed by atoms with Crippen molar-refractivity contribution in [1.29, 1.82) is 0 Å². The van der Waals surface area contributed by atoms with E-state index in [4.69, 9.17) is 0 Å². The third-order valence-corrected chi connectivity index (χ3v) is 30.2. The molecule has 0 fully saturated rings. The highest BCUT2D eigenvalue weighted by molar-refractivity contribution is 7.01. The van der Waals surface area contributed by atoms with E-state index in [1.807, 2.05) is 0 Å². The zero-order chi connectivity index (χ0) is 80.8. The van der Waals surface area contributed by atoms with E-state index in [0.717, 1.165) is 0 Å². The lowest BCUT2D eigenvalue weighted by atomic mass is 9.30. The van der Waals surface area contributed by atoms with Gasteiger partial charge < -0.3 is 18.3 Å². The minimum Gasteiger partial charge on any atom is -0.310 e. The average Bonchev–Trinajstić information content (AvgIpc) is 1.38. The molecule has 0 aliphatic carbocycles. The third kappa shape index (κ3) is 8.91. The van der Waals surface area contributed by atoms with Crippen LogP contribution in [0.4, 0.5) is 0 Å². The molecule has 8 heteroatoms. The fourth-order valence-electron chi connectivity index (χ4n) is 25.1. The van der Waals surface area contributed by atoms with Gasteiger partial charge in [0.25, 0.3) is 0 Å². The number of para-hydroxylation sites is 5. The molecule has 4 nitrogen and oxygen atoms in total. The van der Waals surface area contributed by atoms with Crippen molar-refractivity contribution in [2.75, 3.05) is 0 Å². The second-order valence-electron chi connectivity index (χ2n) is 37.8. The van der Waals surface area contributed by atoms with Crippen LogP contribution in [0.15, 0.2) is 315 Å². The Morgan fingerprint density at radius 2 is 0.500 bits per heavy atom. The molecule has 0 saturated carbocycles. The molecule has 0 atom stereocenters. The number of rotatable bonds is 0. The SMILES string of the molecule is Cc1ccc2c(c1)c1cccc3c1n2-c1cccc2c1B3c1ccccc1C2(C)C.Cc1ccc2c3cccc4c3n(c2c1)-c1cccc2c1B4c1ccccc1C2(C)C.Cc1cccc2c1c1cccc3c1n2-c1cccc2c1B3c1ccccc1C2(C)C.Cc1cccc2c3cccc4c3n(c12)-c1cccc2c1B4c1ccccc1C2(C)C. The van der Waals surface area contributed by atoms with Gasteiger partial charge in [0, 0.05) is 110 Å². The van der Waals surface area contributed by atoms with Crippen LogP contribution >= 0.6 is 0 Å². The van der Waals surface area contributed by atoms with Gasteiger partial charge in [-0.2, -0.15) is 0 Å². The van der Waals surface area contributed by atoms with Crippen LogP contribution in [-0.4, -0.2) is 45.1 Å². The van der Waals surface area contributed by atoms with Gasteiger partial charge in [-0.15, -0.1) is 0 Å². The molecule has 28 rings (SSSR count). The Bertz CT molecular complexity index is 7850. The summed E-state index contributed by atoms with van der Waals surface area (Å²) in [5, 5.41) is 10.9. The molecule has 4 aromatic heterocycles. The molecule has 568 valence electrons. The Hall–Kier alpha value is -13.0. The zero-order valence-electron chi connectivity index (χ0n) is 70.1. The van der Waals surface area contributed by atoms with E-state index in [-0.39, 0.29) is 21.7 Å². The summed E-state index contributed by atoms with van der Waals surface area (Å²) in [6.45, 7) is 29.1. The summed E-state index contributed by atoms with van der Waals surface area (Å²) in [5.74, 6) is 0. The van der Waals surface area contributed by atoms with Gasteiger partial charge in [-0.25, -0.2) is 0 Å². The van der Waals surface area contributed by atoms with Gasteiger partial charge in [-0.05, 0) is 181 Å². The third-order valence-electron chi connectivity index (χ3n) is 30.2. The number of benzene rings is 16. The molecule has 0 amide bonds. The first kappa shape index (κ1) is 70.0. The predicted molar refractivity (Wildman–Crippen MR) is 515 cm³/mol. The number of aryl methyl sites for hydroxylation is 4. The highest BCUT2D eigenvalue weighted by Gasteiger charge is 2.50. The van der Waals surface area contributed by atoms with Gasteiger partial charge in [0.1, 0.15) is 0 Å². The molecule has 8 aliphatic heterocycles. The van der Waals surface area contributed by atoms with E-state index in [0.29, 0.717) is 26.9 Å². The molecule has 12 heterocycles. The lowest BCUT2D eigenvalue weighted by Crippen LogP contribution is -2.63. The molecule has 20 aromatic rings. The van der Waals surface area contributed by atoms with Crippen LogP contribution in [0, 0.1) is 27.7 Å². The second-order valence-corrected chi connectivity index (χ2v) is 37.8. The fourth-order valence-corrected chi connectivity index (χ4v) is 25.1. The predicted octanol–water partition coefficient (Wildman–Crippen LogP) is 18.2. The normalized spacial score (nSPS) is 15.4. The Kier molecular flexibility index (Phi) is 14.2. The maximum atomic E-state index is 2.55. The molecule has 0 unspecified atom stereocenters. The Morgan fingerprint density at radius 3 is 0.950 bits per heavy atom. The van der Waals surface area contributed by atoms with Crippen molar-refractivity contribution in [2.24, 2.45) is 0 Å². The van der Waals surface area contributed by atoms with E-state index >= 15 is 0 Å². The molecular weight excluding hydrogens is 1440 g/mol. The van der Waals surface area contributed by atoms with Crippen molar-refractivity contribution >= 4 is 180 Å². The molecule has 0 bridgehead atoms. The van der Waals surface area contributed by atoms with Crippen LogP contribution in [0.25, 0.3) is 110 Å². The molecule has 16 aromatic carbocycles. The van der Waals surface area contributed by atoms with Crippen LogP contribution in [0.1, 0.15) is 122 Å². The standard InChI is InChI=1S/4C28H22BN/c1-17-9-6-15-23-25(17)18-10-7-14-22-27(18)30(23)24-16-8-12-20-26(24)29(22)21-13-5-4-11-19(21)28(20,2)3;1-17-9-6-10-18-19-11-7-15-23-27(19)30(26(17)18)24-16-8-13-21-25(24)29(23)22-14-5-4-12-20(22)28(21,2)3;1-17-14-15-18-19-8-6-12-23-27(19)30(25(18)16-17)24-13-7-10-21-26(24)29(23)22-11-5-4-9-20(22)28(21,2)3;1-17-14-15-24-19(16-17)18-8-6-12-23-27(18)30(24)25-13-7-10-21-26(25)29(23)22-11-5-4-9-20(22)28(21,2)3/h4*4-16H,1-3H3. The first-order chi connectivity index (χ1) is 58.3. The largest absolute Gasteiger partial charge is 0.310 e. The van der Waals surface area contributed by atoms with Gasteiger partial charge in [0.05, 0.1) is 22.1 Å². The molecule has 0 saturated heterocycles. The maximum absolute atomic E-state index is 2.55. The summed E-state index contributed by atoms with van der Waals surface area (Å²) < 4.78 is 10.1. The second kappa shape index (κ2) is 24.4. The van der Waals surface area contributed by atoms with Crippen molar-refractivity contribution in [3.05, 3.63) is 382 Å². The maximum Gasteiger partial charge on any atom is 0.247 e. The smallest absolute Gasteiger partial charge is 0.247 e. The topological polar surface area (TPSA) is 19.7 Å². The van der Waals surface area contributed by atoms with Crippen LogP contribution in [-0.2, 0) is 21.7 Å². The first-order valence-electron chi connectivity index (χ1n) is 43.4. The summed E-state index contributed by atoms with van der Waals surface area (Å²) in [7, 11) is 0. The van der Waals surface area contributed by atoms with Gasteiger partial charge in [-0.1, -0.05) is 350 Å². The average molecular weight is 1530 g/mol. The van der Waals surface area contributed by atoms with Crippen molar-refractivity contribution in [1.82, 2.24) is 18.3 Å². The summed E-state index contributed by atoms with van der Waals surface area (Å²) in [6.07, 6.45) is 0. The number of aromatic nitrogens is 4. The summed E-state index contributed by atoms with van der Waals surface area (Å²) in [5.41, 5.74) is 50.7. The lowest BCUT2D eigenvalue weighted by molar-refractivity contribution is 0.645. The van der Waals surface area contributed by atoms with Gasteiger partial charge >= 0.3 is 0 Å². The Morgan fingerprint density at radius 1 is 0.200 bits per heavy atom. The van der Waals surface area contributed by atoms with E-state index < -0.39 is 0 Å². The van der Waals surface area contributed by atoms with E-state index in [1.54, 1.807) is 0 Å². The van der Waals surface area contributed by atoms with Gasteiger partial charge in [-0.3, -0.25) is 0 Å². The number of fused-ring (bicyclic) bond motifs is 28. The molecule has 0 spiro atoms. The molecule has 8 aliphatic rings. The van der Waals surface area contributed by atoms with Gasteiger partial charge in [0.15, 0.2) is 0 Å². The van der Waals surface area contributed by atoms with E-state index in [1.165, 1.54) is 242 Å². The van der Waals surface area contributed by atoms with Crippen LogP contribution < -0.4 is 65.6 Å². The summed E-state index contributed by atoms with van der Waals surface area (Å²) in [4.78, 5) is 0. The summed E-state index contributed by atoms with van der Waals surface area (Å²) >= 11 is 0. The quantitative estimate of drug-likeness (QED) is 0.135. The van der Waals surface area contributed by atoms with E-state index in [9.17, 15) is 0 Å². The molecule has 0 N–H and O–H groups in total. The number of nitrogens with zero attached hydrogens (tertiary/aromatic N) is 4. The molecule has 0 radical (unpaired) electrons. The Labute approximate surface area is 702 Å². The number of hydrogen-bond donors (Lipinski definition) is 0.